The monoisotopic (exact) mass is 209 g/mol. The van der Waals surface area contributed by atoms with Crippen molar-refractivity contribution in [3.63, 3.8) is 0 Å². The molecule has 0 aromatic heterocycles. The van der Waals surface area contributed by atoms with Crippen LogP contribution in [0.4, 0.5) is 0 Å². The van der Waals surface area contributed by atoms with Gasteiger partial charge >= 0.3 is 0 Å². The number of hydrogen-bond acceptors (Lipinski definition) is 1. The van der Waals surface area contributed by atoms with E-state index in [4.69, 9.17) is 0 Å². The van der Waals surface area contributed by atoms with Crippen LogP contribution in [0.3, 0.4) is 0 Å². The van der Waals surface area contributed by atoms with Gasteiger partial charge in [-0.05, 0) is 42.4 Å². The van der Waals surface area contributed by atoms with Crippen molar-refractivity contribution < 1.29 is 0 Å². The average Bonchev–Trinajstić information content (AvgIpc) is 2.32. The van der Waals surface area contributed by atoms with Gasteiger partial charge < -0.3 is 0 Å². The summed E-state index contributed by atoms with van der Waals surface area (Å²) in [4.78, 5) is 4.65. The standard InChI is InChI=1S/C15H15N/c1-2-7-14-11-16-15-8-4-3-6-13(15)10-9-12(14)5-1/h1-2,5,7,9-11H,3-4,6,8H2/b10-9-,12-9?,13-10?,14-11?,16-11?,16-15?. The first-order valence-corrected chi connectivity index (χ1v) is 5.97. The molecule has 0 radical (unpaired) electrons. The second-order valence-corrected chi connectivity index (χ2v) is 4.40. The zero-order valence-electron chi connectivity index (χ0n) is 9.32. The Labute approximate surface area is 96.2 Å². The Balaban J connectivity index is 2.07. The molecular weight excluding hydrogens is 194 g/mol. The van der Waals surface area contributed by atoms with Crippen LogP contribution < -0.4 is 0 Å². The van der Waals surface area contributed by atoms with E-state index in [2.05, 4.69) is 41.4 Å². The van der Waals surface area contributed by atoms with Gasteiger partial charge in [-0.2, -0.15) is 0 Å². The van der Waals surface area contributed by atoms with Gasteiger partial charge in [-0.15, -0.1) is 0 Å². The molecule has 2 aliphatic rings. The molecule has 0 N–H and O–H groups in total. The van der Waals surface area contributed by atoms with Gasteiger partial charge in [-0.3, -0.25) is 4.99 Å². The third-order valence-electron chi connectivity index (χ3n) is 3.30. The van der Waals surface area contributed by atoms with Crippen LogP contribution in [0, 0.1) is 0 Å². The van der Waals surface area contributed by atoms with Crippen LogP contribution in [-0.2, 0) is 0 Å². The number of benzene rings is 1. The summed E-state index contributed by atoms with van der Waals surface area (Å²) < 4.78 is 0. The van der Waals surface area contributed by atoms with Crippen LogP contribution in [0.2, 0.25) is 0 Å². The van der Waals surface area contributed by atoms with Crippen molar-refractivity contribution in [3.8, 4) is 0 Å². The maximum absolute atomic E-state index is 4.65. The summed E-state index contributed by atoms with van der Waals surface area (Å²) in [6.45, 7) is 0. The van der Waals surface area contributed by atoms with E-state index in [-0.39, 0.29) is 0 Å². The van der Waals surface area contributed by atoms with Gasteiger partial charge in [-0.1, -0.05) is 36.4 Å². The zero-order chi connectivity index (χ0) is 10.8. The molecular formula is C15H15N. The second kappa shape index (κ2) is 4.09. The first-order chi connectivity index (χ1) is 7.93. The lowest BCUT2D eigenvalue weighted by atomic mass is 9.94. The second-order valence-electron chi connectivity index (χ2n) is 4.40. The molecule has 1 aromatic carbocycles. The summed E-state index contributed by atoms with van der Waals surface area (Å²) in [6, 6.07) is 8.41. The fraction of sp³-hybridized carbons (Fsp3) is 0.267. The molecule has 0 saturated carbocycles. The van der Waals surface area contributed by atoms with Crippen LogP contribution in [0.1, 0.15) is 36.8 Å². The van der Waals surface area contributed by atoms with Gasteiger partial charge in [0.1, 0.15) is 0 Å². The van der Waals surface area contributed by atoms with E-state index in [1.165, 1.54) is 41.7 Å². The first-order valence-electron chi connectivity index (χ1n) is 5.97. The van der Waals surface area contributed by atoms with E-state index in [1.54, 1.807) is 0 Å². The molecule has 0 bridgehead atoms. The largest absolute Gasteiger partial charge is 0.260 e. The van der Waals surface area contributed by atoms with E-state index in [0.717, 1.165) is 6.42 Å². The van der Waals surface area contributed by atoms with Crippen molar-refractivity contribution in [2.45, 2.75) is 25.7 Å². The van der Waals surface area contributed by atoms with Gasteiger partial charge in [0.15, 0.2) is 0 Å². The first kappa shape index (κ1) is 9.59. The van der Waals surface area contributed by atoms with Crippen LogP contribution in [0.15, 0.2) is 46.6 Å². The van der Waals surface area contributed by atoms with Gasteiger partial charge in [-0.25, -0.2) is 0 Å². The lowest BCUT2D eigenvalue weighted by molar-refractivity contribution is 0.678. The van der Waals surface area contributed by atoms with Crippen molar-refractivity contribution in [2.24, 2.45) is 4.99 Å². The van der Waals surface area contributed by atoms with E-state index in [9.17, 15) is 0 Å². The van der Waals surface area contributed by atoms with Crippen LogP contribution >= 0.6 is 0 Å². The molecule has 1 aromatic rings. The van der Waals surface area contributed by atoms with Crippen molar-refractivity contribution >= 4 is 12.3 Å². The summed E-state index contributed by atoms with van der Waals surface area (Å²) in [7, 11) is 0. The maximum Gasteiger partial charge on any atom is 0.0435 e. The number of nitrogens with zero attached hydrogens (tertiary/aromatic N) is 1. The molecule has 1 aliphatic heterocycles. The normalized spacial score (nSPS) is 20.8. The Morgan fingerprint density at radius 2 is 1.69 bits per heavy atom. The molecule has 1 aliphatic carbocycles. The molecule has 3 rings (SSSR count). The highest BCUT2D eigenvalue weighted by Crippen LogP contribution is 2.28. The summed E-state index contributed by atoms with van der Waals surface area (Å²) in [5.74, 6) is 0. The van der Waals surface area contributed by atoms with Gasteiger partial charge in [0.05, 0.1) is 0 Å². The molecule has 16 heavy (non-hydrogen) atoms. The minimum absolute atomic E-state index is 1.14. The molecule has 0 atom stereocenters. The van der Waals surface area contributed by atoms with Crippen LogP contribution in [0.25, 0.3) is 6.08 Å². The number of aliphatic imine (C=N–C) groups is 1. The highest BCUT2D eigenvalue weighted by atomic mass is 14.7. The molecule has 1 heterocycles. The molecule has 0 amide bonds. The lowest BCUT2D eigenvalue weighted by Gasteiger charge is -2.16. The minimum Gasteiger partial charge on any atom is -0.260 e. The fourth-order valence-corrected chi connectivity index (χ4v) is 2.36. The molecule has 0 saturated heterocycles. The Bertz CT molecular complexity index is 447. The van der Waals surface area contributed by atoms with Gasteiger partial charge in [0.25, 0.3) is 0 Å². The SMILES string of the molecule is C1=NC2=C(/C=C\c3ccccc31)CCCC2. The summed E-state index contributed by atoms with van der Waals surface area (Å²) in [5, 5.41) is 0. The number of hydrogen-bond donors (Lipinski definition) is 0. The molecule has 0 spiro atoms. The Kier molecular flexibility index (Phi) is 2.45. The zero-order valence-corrected chi connectivity index (χ0v) is 9.32. The van der Waals surface area contributed by atoms with Crippen LogP contribution in [0.5, 0.6) is 0 Å². The molecule has 80 valence electrons. The molecule has 0 unspecified atom stereocenters. The quantitative estimate of drug-likeness (QED) is 0.613. The highest BCUT2D eigenvalue weighted by Gasteiger charge is 2.11. The van der Waals surface area contributed by atoms with E-state index in [0.29, 0.717) is 0 Å². The number of fused-ring (bicyclic) bond motifs is 1. The number of rotatable bonds is 0. The van der Waals surface area contributed by atoms with E-state index in [1.807, 2.05) is 6.21 Å². The van der Waals surface area contributed by atoms with Gasteiger partial charge in [0.2, 0.25) is 0 Å². The van der Waals surface area contributed by atoms with Crippen molar-refractivity contribution in [1.29, 1.82) is 0 Å². The summed E-state index contributed by atoms with van der Waals surface area (Å²) in [6.07, 6.45) is 11.4. The Hall–Kier alpha value is -1.63. The topological polar surface area (TPSA) is 12.4 Å². The average molecular weight is 209 g/mol. The third-order valence-corrected chi connectivity index (χ3v) is 3.30. The Morgan fingerprint density at radius 3 is 2.62 bits per heavy atom. The molecule has 0 fully saturated rings. The van der Waals surface area contributed by atoms with Crippen LogP contribution in [-0.4, -0.2) is 6.21 Å². The summed E-state index contributed by atoms with van der Waals surface area (Å²) >= 11 is 0. The van der Waals surface area contributed by atoms with Crippen molar-refractivity contribution in [3.05, 3.63) is 52.7 Å². The Morgan fingerprint density at radius 1 is 0.875 bits per heavy atom. The highest BCUT2D eigenvalue weighted by molar-refractivity contribution is 5.87. The maximum atomic E-state index is 4.65. The fourth-order valence-electron chi connectivity index (χ4n) is 2.36. The predicted octanol–water partition coefficient (Wildman–Crippen LogP) is 3.96. The van der Waals surface area contributed by atoms with Gasteiger partial charge in [0, 0.05) is 11.9 Å². The molecule has 1 heteroatoms. The third kappa shape index (κ3) is 1.73. The molecule has 1 nitrogen and oxygen atoms in total. The predicted molar refractivity (Wildman–Crippen MR) is 68.6 cm³/mol. The van der Waals surface area contributed by atoms with Crippen molar-refractivity contribution in [2.75, 3.05) is 0 Å². The number of allylic oxidation sites excluding steroid dienone is 3. The summed E-state index contributed by atoms with van der Waals surface area (Å²) in [5.41, 5.74) is 5.20. The minimum atomic E-state index is 1.14. The van der Waals surface area contributed by atoms with Crippen molar-refractivity contribution in [1.82, 2.24) is 0 Å². The van der Waals surface area contributed by atoms with E-state index >= 15 is 0 Å². The lowest BCUT2D eigenvalue weighted by Crippen LogP contribution is -1.99. The smallest absolute Gasteiger partial charge is 0.0435 e. The van der Waals surface area contributed by atoms with E-state index < -0.39 is 0 Å².